The van der Waals surface area contributed by atoms with E-state index in [0.29, 0.717) is 5.95 Å². The van der Waals surface area contributed by atoms with E-state index in [0.717, 1.165) is 20.5 Å². The van der Waals surface area contributed by atoms with Crippen molar-refractivity contribution in [1.29, 1.82) is 0 Å². The number of nitrogens with one attached hydrogen (secondary N) is 1. The summed E-state index contributed by atoms with van der Waals surface area (Å²) >= 11 is 4.86. The first-order chi connectivity index (χ1) is 8.11. The molecule has 17 heavy (non-hydrogen) atoms. The summed E-state index contributed by atoms with van der Waals surface area (Å²) in [7, 11) is 3.70. The number of anilines is 1. The van der Waals surface area contributed by atoms with Crippen molar-refractivity contribution >= 4 is 33.6 Å². The van der Waals surface area contributed by atoms with E-state index >= 15 is 0 Å². The second-order valence-corrected chi connectivity index (χ2v) is 5.10. The molecule has 0 spiro atoms. The number of aromatic nitrogens is 5. The van der Waals surface area contributed by atoms with E-state index in [2.05, 4.69) is 41.4 Å². The molecule has 0 fully saturated rings. The van der Waals surface area contributed by atoms with Crippen LogP contribution in [0.2, 0.25) is 0 Å². The molecule has 0 unspecified atom stereocenters. The molecule has 2 aromatic heterocycles. The van der Waals surface area contributed by atoms with E-state index < -0.39 is 0 Å². The molecule has 0 aliphatic carbocycles. The molecule has 1 N–H and O–H groups in total. The maximum absolute atomic E-state index is 4.35. The second-order valence-electron chi connectivity index (χ2n) is 3.29. The van der Waals surface area contributed by atoms with Crippen LogP contribution in [-0.4, -0.2) is 31.8 Å². The second kappa shape index (κ2) is 5.01. The van der Waals surface area contributed by atoms with Crippen molar-refractivity contribution in [2.75, 3.05) is 12.4 Å². The number of rotatable bonds is 3. The van der Waals surface area contributed by atoms with Crippen molar-refractivity contribution in [3.05, 3.63) is 16.5 Å². The molecular weight excluding hydrogens is 304 g/mol. The van der Waals surface area contributed by atoms with Crippen LogP contribution in [0, 0.1) is 6.92 Å². The molecule has 0 aliphatic rings. The highest BCUT2D eigenvalue weighted by Gasteiger charge is 2.11. The maximum atomic E-state index is 4.35. The summed E-state index contributed by atoms with van der Waals surface area (Å²) in [6, 6.07) is 0. The Morgan fingerprint density at radius 2 is 2.18 bits per heavy atom. The highest BCUT2D eigenvalue weighted by Crippen LogP contribution is 2.30. The minimum absolute atomic E-state index is 0.578. The molecule has 90 valence electrons. The molecule has 6 nitrogen and oxygen atoms in total. The van der Waals surface area contributed by atoms with Gasteiger partial charge >= 0.3 is 0 Å². The summed E-state index contributed by atoms with van der Waals surface area (Å²) in [5.41, 5.74) is 0. The normalized spacial score (nSPS) is 10.6. The van der Waals surface area contributed by atoms with Crippen molar-refractivity contribution in [2.45, 2.75) is 17.1 Å². The van der Waals surface area contributed by atoms with E-state index in [-0.39, 0.29) is 0 Å². The van der Waals surface area contributed by atoms with Gasteiger partial charge in [-0.25, -0.2) is 9.97 Å². The van der Waals surface area contributed by atoms with Crippen LogP contribution in [0.5, 0.6) is 0 Å². The van der Waals surface area contributed by atoms with Gasteiger partial charge in [0, 0.05) is 20.3 Å². The first-order valence-corrected chi connectivity index (χ1v) is 6.47. The fourth-order valence-corrected chi connectivity index (χ4v) is 2.35. The SMILES string of the molecule is CNc1ncc(Br)c(Sc2nnc(C)n2C)n1. The Hall–Kier alpha value is -1.15. The average molecular weight is 315 g/mol. The van der Waals surface area contributed by atoms with Gasteiger partial charge in [-0.3, -0.25) is 0 Å². The van der Waals surface area contributed by atoms with Gasteiger partial charge in [-0.05, 0) is 34.6 Å². The molecular formula is C9H11BrN6S. The Bertz CT molecular complexity index is 540. The van der Waals surface area contributed by atoms with Gasteiger partial charge in [0.05, 0.1) is 4.47 Å². The summed E-state index contributed by atoms with van der Waals surface area (Å²) in [6.45, 7) is 1.91. The summed E-state index contributed by atoms with van der Waals surface area (Å²) < 4.78 is 2.75. The Morgan fingerprint density at radius 1 is 1.41 bits per heavy atom. The predicted octanol–water partition coefficient (Wildman–Crippen LogP) is 1.87. The standard InChI is InChI=1S/C9H11BrN6S/c1-5-14-15-9(16(5)3)17-7-6(10)4-12-8(11-2)13-7/h4H,1-3H3,(H,11,12,13). The van der Waals surface area contributed by atoms with Crippen LogP contribution in [0.25, 0.3) is 0 Å². The minimum Gasteiger partial charge on any atom is -0.357 e. The molecule has 0 bridgehead atoms. The van der Waals surface area contributed by atoms with E-state index in [1.807, 2.05) is 18.5 Å². The summed E-state index contributed by atoms with van der Waals surface area (Å²) in [5.74, 6) is 1.45. The van der Waals surface area contributed by atoms with E-state index in [4.69, 9.17) is 0 Å². The van der Waals surface area contributed by atoms with Crippen LogP contribution in [-0.2, 0) is 7.05 Å². The predicted molar refractivity (Wildman–Crippen MR) is 69.1 cm³/mol. The largest absolute Gasteiger partial charge is 0.357 e. The van der Waals surface area contributed by atoms with Crippen molar-refractivity contribution < 1.29 is 0 Å². The quantitative estimate of drug-likeness (QED) is 0.872. The van der Waals surface area contributed by atoms with Gasteiger partial charge in [-0.1, -0.05) is 0 Å². The smallest absolute Gasteiger partial charge is 0.223 e. The lowest BCUT2D eigenvalue weighted by Gasteiger charge is -2.04. The highest BCUT2D eigenvalue weighted by molar-refractivity contribution is 9.10. The molecule has 8 heteroatoms. The Balaban J connectivity index is 2.32. The summed E-state index contributed by atoms with van der Waals surface area (Å²) in [6.07, 6.45) is 1.71. The molecule has 0 atom stereocenters. The molecule has 0 amide bonds. The number of hydrogen-bond acceptors (Lipinski definition) is 6. The van der Waals surface area contributed by atoms with E-state index in [1.54, 1.807) is 13.2 Å². The lowest BCUT2D eigenvalue weighted by atomic mass is 10.7. The van der Waals surface area contributed by atoms with Gasteiger partial charge in [0.2, 0.25) is 5.95 Å². The maximum Gasteiger partial charge on any atom is 0.223 e. The zero-order chi connectivity index (χ0) is 12.4. The van der Waals surface area contributed by atoms with Gasteiger partial charge in [-0.2, -0.15) is 0 Å². The highest BCUT2D eigenvalue weighted by atomic mass is 79.9. The van der Waals surface area contributed by atoms with Crippen LogP contribution < -0.4 is 5.32 Å². The third-order valence-electron chi connectivity index (χ3n) is 2.18. The summed E-state index contributed by atoms with van der Waals surface area (Å²) in [4.78, 5) is 8.45. The van der Waals surface area contributed by atoms with Crippen molar-refractivity contribution in [1.82, 2.24) is 24.7 Å². The number of aryl methyl sites for hydroxylation is 1. The van der Waals surface area contributed by atoms with Crippen LogP contribution >= 0.6 is 27.7 Å². The number of nitrogens with zero attached hydrogens (tertiary/aromatic N) is 5. The lowest BCUT2D eigenvalue weighted by molar-refractivity contribution is 0.764. The molecule has 0 saturated heterocycles. The Morgan fingerprint density at radius 3 is 2.76 bits per heavy atom. The first kappa shape index (κ1) is 12.3. The number of halogens is 1. The van der Waals surface area contributed by atoms with Gasteiger partial charge in [0.25, 0.3) is 0 Å². The fourth-order valence-electron chi connectivity index (χ4n) is 1.11. The van der Waals surface area contributed by atoms with Crippen LogP contribution in [0.1, 0.15) is 5.82 Å². The van der Waals surface area contributed by atoms with Crippen molar-refractivity contribution in [2.24, 2.45) is 7.05 Å². The molecule has 0 radical (unpaired) electrons. The third-order valence-corrected chi connectivity index (χ3v) is 4.06. The summed E-state index contributed by atoms with van der Waals surface area (Å²) in [5, 5.41) is 12.6. The zero-order valence-electron chi connectivity index (χ0n) is 9.60. The topological polar surface area (TPSA) is 68.5 Å². The zero-order valence-corrected chi connectivity index (χ0v) is 12.0. The molecule has 2 rings (SSSR count). The fraction of sp³-hybridized carbons (Fsp3) is 0.333. The Labute approximate surface area is 111 Å². The van der Waals surface area contributed by atoms with E-state index in [1.165, 1.54) is 11.8 Å². The van der Waals surface area contributed by atoms with Crippen molar-refractivity contribution in [3.63, 3.8) is 0 Å². The minimum atomic E-state index is 0.578. The first-order valence-electron chi connectivity index (χ1n) is 4.86. The molecule has 2 aromatic rings. The molecule has 0 aliphatic heterocycles. The van der Waals surface area contributed by atoms with E-state index in [9.17, 15) is 0 Å². The monoisotopic (exact) mass is 314 g/mol. The molecule has 0 saturated carbocycles. The lowest BCUT2D eigenvalue weighted by Crippen LogP contribution is -1.98. The average Bonchev–Trinajstić information content (AvgIpc) is 2.64. The van der Waals surface area contributed by atoms with Gasteiger partial charge in [0.15, 0.2) is 5.16 Å². The molecule has 2 heterocycles. The van der Waals surface area contributed by atoms with Gasteiger partial charge < -0.3 is 9.88 Å². The van der Waals surface area contributed by atoms with Crippen LogP contribution in [0.4, 0.5) is 5.95 Å². The van der Waals surface area contributed by atoms with Crippen molar-refractivity contribution in [3.8, 4) is 0 Å². The van der Waals surface area contributed by atoms with Gasteiger partial charge in [-0.15, -0.1) is 10.2 Å². The number of hydrogen-bond donors (Lipinski definition) is 1. The van der Waals surface area contributed by atoms with Crippen LogP contribution in [0.15, 0.2) is 20.9 Å². The molecule has 0 aromatic carbocycles. The Kier molecular flexibility index (Phi) is 3.63. The van der Waals surface area contributed by atoms with Crippen LogP contribution in [0.3, 0.4) is 0 Å². The third kappa shape index (κ3) is 2.58. The van der Waals surface area contributed by atoms with Gasteiger partial charge in [0.1, 0.15) is 10.9 Å².